The molecule has 0 amide bonds. The van der Waals surface area contributed by atoms with Crippen molar-refractivity contribution in [2.75, 3.05) is 32.8 Å². The van der Waals surface area contributed by atoms with Crippen LogP contribution in [0.2, 0.25) is 0 Å². The van der Waals surface area contributed by atoms with Crippen LogP contribution >= 0.6 is 0 Å². The molecule has 3 fully saturated rings. The third-order valence-corrected chi connectivity index (χ3v) is 6.96. The summed E-state index contributed by atoms with van der Waals surface area (Å²) in [5, 5.41) is 10.1. The highest BCUT2D eigenvalue weighted by Crippen LogP contribution is 2.42. The van der Waals surface area contributed by atoms with Crippen molar-refractivity contribution >= 4 is 0 Å². The van der Waals surface area contributed by atoms with E-state index in [1.54, 1.807) is 0 Å². The van der Waals surface area contributed by atoms with Crippen LogP contribution in [0.15, 0.2) is 48.8 Å². The van der Waals surface area contributed by atoms with E-state index in [0.717, 1.165) is 24.6 Å². The van der Waals surface area contributed by atoms with Crippen LogP contribution in [-0.4, -0.2) is 64.8 Å². The van der Waals surface area contributed by atoms with Gasteiger partial charge >= 0.3 is 0 Å². The first-order chi connectivity index (χ1) is 13.8. The smallest absolute Gasteiger partial charge is 0.0593 e. The molecular formula is C24H31N3O. The molecule has 2 saturated heterocycles. The molecule has 3 aliphatic rings. The predicted octanol–water partition coefficient (Wildman–Crippen LogP) is 3.38. The Balaban J connectivity index is 1.36. The van der Waals surface area contributed by atoms with Crippen molar-refractivity contribution in [3.05, 3.63) is 54.4 Å². The van der Waals surface area contributed by atoms with Crippen molar-refractivity contribution in [3.63, 3.8) is 0 Å². The monoisotopic (exact) mass is 377 g/mol. The summed E-state index contributed by atoms with van der Waals surface area (Å²) in [5.74, 6) is 1.38. The van der Waals surface area contributed by atoms with Gasteiger partial charge in [0.1, 0.15) is 0 Å². The number of hydrogen-bond acceptors (Lipinski definition) is 4. The SMILES string of the molecule is OC[C@H]1[C@@H](c2ccc(-c3cccnc3)cc2)[C@H]2CN(CC3CC3)CCCCN21. The molecule has 1 saturated carbocycles. The van der Waals surface area contributed by atoms with Crippen molar-refractivity contribution in [2.24, 2.45) is 5.92 Å². The number of aliphatic hydroxyl groups excluding tert-OH is 1. The van der Waals surface area contributed by atoms with Crippen LogP contribution in [0.1, 0.15) is 37.2 Å². The maximum Gasteiger partial charge on any atom is 0.0593 e. The number of aromatic nitrogens is 1. The number of aliphatic hydroxyl groups is 1. The Morgan fingerprint density at radius 1 is 1.00 bits per heavy atom. The van der Waals surface area contributed by atoms with Gasteiger partial charge in [-0.3, -0.25) is 9.88 Å². The lowest BCUT2D eigenvalue weighted by Gasteiger charge is -2.57. The lowest BCUT2D eigenvalue weighted by Crippen LogP contribution is -2.67. The average molecular weight is 378 g/mol. The minimum Gasteiger partial charge on any atom is -0.395 e. The zero-order valence-corrected chi connectivity index (χ0v) is 16.6. The molecular weight excluding hydrogens is 346 g/mol. The first-order valence-corrected chi connectivity index (χ1v) is 10.9. The fourth-order valence-corrected chi connectivity index (χ4v) is 5.27. The van der Waals surface area contributed by atoms with E-state index in [9.17, 15) is 5.11 Å². The molecule has 0 bridgehead atoms. The fraction of sp³-hybridized carbons (Fsp3) is 0.542. The van der Waals surface area contributed by atoms with Gasteiger partial charge in [-0.05, 0) is 67.4 Å². The second-order valence-electron chi connectivity index (χ2n) is 8.85. The Hall–Kier alpha value is -1.75. The molecule has 1 aliphatic carbocycles. The summed E-state index contributed by atoms with van der Waals surface area (Å²) in [6.07, 6.45) is 9.11. The molecule has 0 unspecified atom stereocenters. The highest BCUT2D eigenvalue weighted by atomic mass is 16.3. The Labute approximate surface area is 168 Å². The van der Waals surface area contributed by atoms with Crippen LogP contribution < -0.4 is 0 Å². The number of hydrogen-bond donors (Lipinski definition) is 1. The zero-order valence-electron chi connectivity index (χ0n) is 16.6. The molecule has 3 atom stereocenters. The van der Waals surface area contributed by atoms with E-state index in [-0.39, 0.29) is 12.6 Å². The quantitative estimate of drug-likeness (QED) is 0.867. The van der Waals surface area contributed by atoms with Gasteiger partial charge in [0.15, 0.2) is 0 Å². The maximum absolute atomic E-state index is 10.1. The van der Waals surface area contributed by atoms with Crippen molar-refractivity contribution in [1.82, 2.24) is 14.8 Å². The minimum atomic E-state index is 0.258. The van der Waals surface area contributed by atoms with Gasteiger partial charge in [0.05, 0.1) is 6.61 Å². The molecule has 0 spiro atoms. The molecule has 2 aliphatic heterocycles. The molecule has 1 N–H and O–H groups in total. The largest absolute Gasteiger partial charge is 0.395 e. The lowest BCUT2D eigenvalue weighted by atomic mass is 9.74. The summed E-state index contributed by atoms with van der Waals surface area (Å²) in [4.78, 5) is 9.53. The van der Waals surface area contributed by atoms with Gasteiger partial charge in [-0.1, -0.05) is 30.3 Å². The van der Waals surface area contributed by atoms with Crippen LogP contribution in [0, 0.1) is 5.92 Å². The summed E-state index contributed by atoms with van der Waals surface area (Å²) in [6.45, 7) is 5.08. The summed E-state index contributed by atoms with van der Waals surface area (Å²) < 4.78 is 0. The molecule has 2 aromatic rings. The molecule has 5 rings (SSSR count). The van der Waals surface area contributed by atoms with E-state index in [1.807, 2.05) is 18.5 Å². The first kappa shape index (κ1) is 18.3. The Morgan fingerprint density at radius 2 is 1.82 bits per heavy atom. The molecule has 1 aromatic carbocycles. The lowest BCUT2D eigenvalue weighted by molar-refractivity contribution is -0.0649. The molecule has 148 valence electrons. The summed E-state index contributed by atoms with van der Waals surface area (Å²) >= 11 is 0. The molecule has 28 heavy (non-hydrogen) atoms. The normalized spacial score (nSPS) is 28.8. The first-order valence-electron chi connectivity index (χ1n) is 10.9. The van der Waals surface area contributed by atoms with Crippen LogP contribution in [0.4, 0.5) is 0 Å². The van der Waals surface area contributed by atoms with Crippen molar-refractivity contribution in [2.45, 2.75) is 43.7 Å². The van der Waals surface area contributed by atoms with E-state index in [1.165, 1.54) is 49.9 Å². The Kier molecular flexibility index (Phi) is 5.19. The van der Waals surface area contributed by atoms with E-state index in [0.29, 0.717) is 12.0 Å². The van der Waals surface area contributed by atoms with Gasteiger partial charge in [-0.2, -0.15) is 0 Å². The van der Waals surface area contributed by atoms with Gasteiger partial charge in [-0.15, -0.1) is 0 Å². The van der Waals surface area contributed by atoms with Gasteiger partial charge in [-0.25, -0.2) is 0 Å². The van der Waals surface area contributed by atoms with Gasteiger partial charge < -0.3 is 10.0 Å². The number of nitrogens with zero attached hydrogens (tertiary/aromatic N) is 3. The molecule has 1 aromatic heterocycles. The second kappa shape index (κ2) is 7.94. The molecule has 4 nitrogen and oxygen atoms in total. The Morgan fingerprint density at radius 3 is 2.54 bits per heavy atom. The number of fused-ring (bicyclic) bond motifs is 1. The summed E-state index contributed by atoms with van der Waals surface area (Å²) in [7, 11) is 0. The third-order valence-electron chi connectivity index (χ3n) is 6.96. The third kappa shape index (κ3) is 3.61. The predicted molar refractivity (Wildman–Crippen MR) is 112 cm³/mol. The highest BCUT2D eigenvalue weighted by molar-refractivity contribution is 5.62. The zero-order chi connectivity index (χ0) is 18.9. The van der Waals surface area contributed by atoms with Crippen LogP contribution in [-0.2, 0) is 0 Å². The average Bonchev–Trinajstić information content (AvgIpc) is 3.54. The fourth-order valence-electron chi connectivity index (χ4n) is 5.27. The van der Waals surface area contributed by atoms with Crippen molar-refractivity contribution < 1.29 is 5.11 Å². The van der Waals surface area contributed by atoms with E-state index in [2.05, 4.69) is 45.1 Å². The van der Waals surface area contributed by atoms with Crippen molar-refractivity contribution in [1.29, 1.82) is 0 Å². The number of benzene rings is 1. The standard InChI is InChI=1S/C24H31N3O/c28-17-23-24(20-9-7-19(8-10-20)21-4-3-11-25-14-21)22-16-26(15-18-5-6-18)12-1-2-13-27(22)23/h3-4,7-11,14,18,22-24,28H,1-2,5-6,12-13,15-17H2/t22-,23+,24+/m1/s1. The highest BCUT2D eigenvalue weighted by Gasteiger charge is 2.49. The van der Waals surface area contributed by atoms with Crippen molar-refractivity contribution in [3.8, 4) is 11.1 Å². The minimum absolute atomic E-state index is 0.258. The summed E-state index contributed by atoms with van der Waals surface area (Å²) in [5.41, 5.74) is 3.74. The van der Waals surface area contributed by atoms with Gasteiger partial charge in [0.2, 0.25) is 0 Å². The van der Waals surface area contributed by atoms with E-state index in [4.69, 9.17) is 0 Å². The topological polar surface area (TPSA) is 39.6 Å². The number of rotatable bonds is 5. The van der Waals surface area contributed by atoms with E-state index < -0.39 is 0 Å². The molecule has 0 radical (unpaired) electrons. The second-order valence-corrected chi connectivity index (χ2v) is 8.85. The molecule has 3 heterocycles. The molecule has 4 heteroatoms. The van der Waals surface area contributed by atoms with Crippen LogP contribution in [0.5, 0.6) is 0 Å². The van der Waals surface area contributed by atoms with Crippen LogP contribution in [0.25, 0.3) is 11.1 Å². The van der Waals surface area contributed by atoms with Gasteiger partial charge in [0, 0.05) is 43.5 Å². The van der Waals surface area contributed by atoms with Gasteiger partial charge in [0.25, 0.3) is 0 Å². The summed E-state index contributed by atoms with van der Waals surface area (Å²) in [6, 6.07) is 13.9. The number of pyridine rings is 1. The Bertz CT molecular complexity index is 774. The maximum atomic E-state index is 10.1. The van der Waals surface area contributed by atoms with Crippen LogP contribution in [0.3, 0.4) is 0 Å². The van der Waals surface area contributed by atoms with E-state index >= 15 is 0 Å².